The molecule has 1 amide bonds. The first-order valence-corrected chi connectivity index (χ1v) is 7.13. The molecule has 5 nitrogen and oxygen atoms in total. The molecule has 0 aliphatic carbocycles. The molecule has 2 aromatic rings. The van der Waals surface area contributed by atoms with Crippen molar-refractivity contribution in [3.05, 3.63) is 41.3 Å². The van der Waals surface area contributed by atoms with Crippen LogP contribution in [-0.4, -0.2) is 17.1 Å². The minimum atomic E-state index is 0.0520. The molecule has 0 radical (unpaired) electrons. The van der Waals surface area contributed by atoms with Crippen molar-refractivity contribution in [1.82, 2.24) is 5.16 Å². The van der Waals surface area contributed by atoms with Gasteiger partial charge in [-0.2, -0.15) is 0 Å². The highest BCUT2D eigenvalue weighted by atomic mass is 16.5. The molecule has 0 fully saturated rings. The molecule has 0 unspecified atom stereocenters. The van der Waals surface area contributed by atoms with Crippen molar-refractivity contribution in [1.29, 1.82) is 0 Å². The monoisotopic (exact) mass is 285 g/mol. The van der Waals surface area contributed by atoms with Gasteiger partial charge >= 0.3 is 0 Å². The number of para-hydroxylation sites is 2. The van der Waals surface area contributed by atoms with Crippen LogP contribution >= 0.6 is 0 Å². The van der Waals surface area contributed by atoms with Gasteiger partial charge in [0.2, 0.25) is 5.91 Å². The molecular formula is C16H19N3O2. The molecule has 3 rings (SSSR count). The number of nitrogens with zero attached hydrogens (tertiary/aromatic N) is 2. The van der Waals surface area contributed by atoms with Crippen LogP contribution in [0.3, 0.4) is 0 Å². The SMILES string of the molecule is Cc1noc(C)c1CN1c2ccccc2NC(=O)C[C@H]1C. The smallest absolute Gasteiger partial charge is 0.226 e. The largest absolute Gasteiger partial charge is 0.362 e. The van der Waals surface area contributed by atoms with Gasteiger partial charge in [-0.15, -0.1) is 0 Å². The van der Waals surface area contributed by atoms with Gasteiger partial charge in [0.1, 0.15) is 5.76 Å². The van der Waals surface area contributed by atoms with Crippen molar-refractivity contribution in [2.24, 2.45) is 0 Å². The Kier molecular flexibility index (Phi) is 3.41. The Morgan fingerprint density at radius 2 is 2.14 bits per heavy atom. The number of amides is 1. The van der Waals surface area contributed by atoms with Crippen molar-refractivity contribution < 1.29 is 9.32 Å². The summed E-state index contributed by atoms with van der Waals surface area (Å²) < 4.78 is 5.25. The molecule has 1 aromatic carbocycles. The second-order valence-corrected chi connectivity index (χ2v) is 5.55. The van der Waals surface area contributed by atoms with E-state index in [0.29, 0.717) is 13.0 Å². The summed E-state index contributed by atoms with van der Waals surface area (Å²) in [4.78, 5) is 14.2. The molecule has 0 saturated carbocycles. The molecular weight excluding hydrogens is 266 g/mol. The van der Waals surface area contributed by atoms with E-state index in [4.69, 9.17) is 4.52 Å². The summed E-state index contributed by atoms with van der Waals surface area (Å²) in [5.41, 5.74) is 3.89. The Balaban J connectivity index is 2.02. The fraction of sp³-hybridized carbons (Fsp3) is 0.375. The lowest BCUT2D eigenvalue weighted by molar-refractivity contribution is -0.116. The molecule has 21 heavy (non-hydrogen) atoms. The summed E-state index contributed by atoms with van der Waals surface area (Å²) in [6.07, 6.45) is 0.470. The first kappa shape index (κ1) is 13.7. The quantitative estimate of drug-likeness (QED) is 0.921. The highest BCUT2D eigenvalue weighted by Crippen LogP contribution is 2.33. The Hall–Kier alpha value is -2.30. The van der Waals surface area contributed by atoms with Gasteiger partial charge < -0.3 is 14.7 Å². The zero-order valence-electron chi connectivity index (χ0n) is 12.5. The third-order valence-corrected chi connectivity index (χ3v) is 4.01. The number of nitrogens with one attached hydrogen (secondary N) is 1. The lowest BCUT2D eigenvalue weighted by atomic mass is 10.1. The number of aromatic nitrogens is 1. The maximum Gasteiger partial charge on any atom is 0.226 e. The zero-order valence-corrected chi connectivity index (χ0v) is 12.5. The molecule has 110 valence electrons. The maximum atomic E-state index is 12.0. The second-order valence-electron chi connectivity index (χ2n) is 5.55. The summed E-state index contributed by atoms with van der Waals surface area (Å²) >= 11 is 0. The van der Waals surface area contributed by atoms with E-state index < -0.39 is 0 Å². The summed E-state index contributed by atoms with van der Waals surface area (Å²) in [6.45, 7) is 6.63. The maximum absolute atomic E-state index is 12.0. The standard InChI is InChI=1S/C16H19N3O2/c1-10-8-16(20)17-14-6-4-5-7-15(14)19(10)9-13-11(2)18-21-12(13)3/h4-7,10H,8-9H2,1-3H3,(H,17,20)/t10-/m1/s1. The van der Waals surface area contributed by atoms with Gasteiger partial charge in [-0.1, -0.05) is 17.3 Å². The van der Waals surface area contributed by atoms with Crippen molar-refractivity contribution in [3.63, 3.8) is 0 Å². The van der Waals surface area contributed by atoms with Crippen molar-refractivity contribution in [2.45, 2.75) is 39.8 Å². The van der Waals surface area contributed by atoms with E-state index in [1.807, 2.05) is 38.1 Å². The van der Waals surface area contributed by atoms with Crippen LogP contribution in [0.25, 0.3) is 0 Å². The zero-order chi connectivity index (χ0) is 15.0. The fourth-order valence-corrected chi connectivity index (χ4v) is 2.79. The lowest BCUT2D eigenvalue weighted by Crippen LogP contribution is -2.33. The molecule has 1 atom stereocenters. The molecule has 1 aliphatic rings. The van der Waals surface area contributed by atoms with Crippen LogP contribution in [0.15, 0.2) is 28.8 Å². The number of rotatable bonds is 2. The molecule has 0 spiro atoms. The topological polar surface area (TPSA) is 58.4 Å². The first-order valence-electron chi connectivity index (χ1n) is 7.13. The lowest BCUT2D eigenvalue weighted by Gasteiger charge is -2.29. The van der Waals surface area contributed by atoms with Crippen LogP contribution in [-0.2, 0) is 11.3 Å². The van der Waals surface area contributed by atoms with Gasteiger partial charge in [0.15, 0.2) is 0 Å². The van der Waals surface area contributed by atoms with Gasteiger partial charge in [-0.25, -0.2) is 0 Å². The molecule has 1 aromatic heterocycles. The van der Waals surface area contributed by atoms with E-state index in [1.165, 1.54) is 0 Å². The van der Waals surface area contributed by atoms with Crippen molar-refractivity contribution in [3.8, 4) is 0 Å². The minimum Gasteiger partial charge on any atom is -0.362 e. The first-order chi connectivity index (χ1) is 10.1. The van der Waals surface area contributed by atoms with Crippen LogP contribution in [0.4, 0.5) is 11.4 Å². The van der Waals surface area contributed by atoms with Crippen LogP contribution in [0, 0.1) is 13.8 Å². The fourth-order valence-electron chi connectivity index (χ4n) is 2.79. The van der Waals surface area contributed by atoms with E-state index in [2.05, 4.69) is 22.3 Å². The minimum absolute atomic E-state index is 0.0520. The number of benzene rings is 1. The van der Waals surface area contributed by atoms with E-state index in [0.717, 1.165) is 28.4 Å². The average Bonchev–Trinajstić information content (AvgIpc) is 2.69. The highest BCUT2D eigenvalue weighted by Gasteiger charge is 2.26. The summed E-state index contributed by atoms with van der Waals surface area (Å²) in [5, 5.41) is 6.99. The molecule has 0 saturated heterocycles. The summed E-state index contributed by atoms with van der Waals surface area (Å²) in [5.74, 6) is 0.886. The Morgan fingerprint density at radius 3 is 2.86 bits per heavy atom. The molecule has 0 bridgehead atoms. The second kappa shape index (κ2) is 5.24. The third kappa shape index (κ3) is 2.51. The predicted molar refractivity (Wildman–Crippen MR) is 81.3 cm³/mol. The molecule has 5 heteroatoms. The molecule has 1 aliphatic heterocycles. The third-order valence-electron chi connectivity index (χ3n) is 4.01. The summed E-state index contributed by atoms with van der Waals surface area (Å²) in [6, 6.07) is 8.01. The Morgan fingerprint density at radius 1 is 1.38 bits per heavy atom. The van der Waals surface area contributed by atoms with Crippen LogP contribution in [0.2, 0.25) is 0 Å². The van der Waals surface area contributed by atoms with Gasteiger partial charge in [-0.3, -0.25) is 4.79 Å². The van der Waals surface area contributed by atoms with E-state index in [1.54, 1.807) is 0 Å². The number of hydrogen-bond donors (Lipinski definition) is 1. The highest BCUT2D eigenvalue weighted by molar-refractivity contribution is 5.96. The number of carbonyl (C=O) groups excluding carboxylic acids is 1. The van der Waals surface area contributed by atoms with Crippen molar-refractivity contribution >= 4 is 17.3 Å². The molecule has 1 N–H and O–H groups in total. The predicted octanol–water partition coefficient (Wildman–Crippen LogP) is 3.03. The van der Waals surface area contributed by atoms with Crippen LogP contribution < -0.4 is 10.2 Å². The van der Waals surface area contributed by atoms with E-state index >= 15 is 0 Å². The number of anilines is 2. The number of carbonyl (C=O) groups is 1. The Bertz CT molecular complexity index is 658. The van der Waals surface area contributed by atoms with Gasteiger partial charge in [0, 0.05) is 24.6 Å². The van der Waals surface area contributed by atoms with Crippen LogP contribution in [0.1, 0.15) is 30.4 Å². The van der Waals surface area contributed by atoms with Crippen LogP contribution in [0.5, 0.6) is 0 Å². The van der Waals surface area contributed by atoms with Gasteiger partial charge in [0.25, 0.3) is 0 Å². The number of aryl methyl sites for hydroxylation is 2. The van der Waals surface area contributed by atoms with E-state index in [9.17, 15) is 4.79 Å². The molecule has 2 heterocycles. The number of fused-ring (bicyclic) bond motifs is 1. The van der Waals surface area contributed by atoms with Gasteiger partial charge in [0.05, 0.1) is 17.1 Å². The number of hydrogen-bond acceptors (Lipinski definition) is 4. The average molecular weight is 285 g/mol. The van der Waals surface area contributed by atoms with Crippen molar-refractivity contribution in [2.75, 3.05) is 10.2 Å². The normalized spacial score (nSPS) is 18.1. The summed E-state index contributed by atoms with van der Waals surface area (Å²) in [7, 11) is 0. The Labute approximate surface area is 123 Å². The van der Waals surface area contributed by atoms with E-state index in [-0.39, 0.29) is 11.9 Å². The van der Waals surface area contributed by atoms with Gasteiger partial charge in [-0.05, 0) is 32.9 Å².